The van der Waals surface area contributed by atoms with Crippen molar-refractivity contribution in [2.75, 3.05) is 6.61 Å². The van der Waals surface area contributed by atoms with E-state index in [-0.39, 0.29) is 11.9 Å². The van der Waals surface area contributed by atoms with Gasteiger partial charge in [-0.25, -0.2) is 4.79 Å². The Balaban J connectivity index is 1.58. The number of aryl methyl sites for hydroxylation is 2. The third-order valence-electron chi connectivity index (χ3n) is 5.65. The zero-order valence-corrected chi connectivity index (χ0v) is 18.2. The summed E-state index contributed by atoms with van der Waals surface area (Å²) in [5, 5.41) is 0. The Labute approximate surface area is 184 Å². The molecule has 2 heteroatoms. The lowest BCUT2D eigenvalue weighted by Gasteiger charge is -2.21. The predicted octanol–water partition coefficient (Wildman–Crippen LogP) is 6.38. The van der Waals surface area contributed by atoms with E-state index in [9.17, 15) is 4.79 Å². The second kappa shape index (κ2) is 9.06. The highest BCUT2D eigenvalue weighted by Crippen LogP contribution is 2.34. The number of ether oxygens (including phenoxy) is 1. The second-order valence-electron chi connectivity index (χ2n) is 7.93. The van der Waals surface area contributed by atoms with Gasteiger partial charge in [0.15, 0.2) is 0 Å². The van der Waals surface area contributed by atoms with Crippen molar-refractivity contribution in [3.8, 4) is 23.0 Å². The highest BCUT2D eigenvalue weighted by Gasteiger charge is 2.18. The van der Waals surface area contributed by atoms with Gasteiger partial charge in [-0.3, -0.25) is 0 Å². The summed E-state index contributed by atoms with van der Waals surface area (Å²) in [6.45, 7) is 6.46. The SMILES string of the molecule is CCOC(=O)c1ccc(C#CC2C=Cc3c(C)ccc(-c4ccc(C)cc4)c3C2)cc1. The van der Waals surface area contributed by atoms with Crippen LogP contribution >= 0.6 is 0 Å². The van der Waals surface area contributed by atoms with E-state index in [0.717, 1.165) is 12.0 Å². The largest absolute Gasteiger partial charge is 0.462 e. The molecule has 3 aromatic carbocycles. The average molecular weight is 407 g/mol. The minimum absolute atomic E-state index is 0.156. The molecule has 0 spiro atoms. The number of hydrogen-bond acceptors (Lipinski definition) is 2. The van der Waals surface area contributed by atoms with Crippen LogP contribution in [0.3, 0.4) is 0 Å². The summed E-state index contributed by atoms with van der Waals surface area (Å²) in [4.78, 5) is 11.8. The number of esters is 1. The number of hydrogen-bond donors (Lipinski definition) is 0. The Hall–Kier alpha value is -3.57. The van der Waals surface area contributed by atoms with Crippen molar-refractivity contribution < 1.29 is 9.53 Å². The van der Waals surface area contributed by atoms with Gasteiger partial charge in [0.1, 0.15) is 0 Å². The summed E-state index contributed by atoms with van der Waals surface area (Å²) >= 11 is 0. The standard InChI is InChI=1S/C29H26O2/c1-4-31-29(30)25-15-10-22(11-16-25)8-9-23-12-18-26-21(3)7-17-27(28(26)19-23)24-13-5-20(2)6-14-24/h5-7,10-18,23H,4,19H2,1-3H3. The number of carbonyl (C=O) groups excluding carboxylic acids is 1. The van der Waals surface area contributed by atoms with Crippen molar-refractivity contribution >= 4 is 12.0 Å². The molecule has 0 saturated carbocycles. The first-order chi connectivity index (χ1) is 15.0. The first-order valence-electron chi connectivity index (χ1n) is 10.7. The minimum Gasteiger partial charge on any atom is -0.462 e. The normalized spacial score (nSPS) is 14.4. The lowest BCUT2D eigenvalue weighted by atomic mass is 9.82. The quantitative estimate of drug-likeness (QED) is 0.372. The topological polar surface area (TPSA) is 26.3 Å². The number of carbonyl (C=O) groups is 1. The molecule has 0 amide bonds. The Morgan fingerprint density at radius 2 is 1.74 bits per heavy atom. The van der Waals surface area contributed by atoms with Crippen molar-refractivity contribution in [3.05, 3.63) is 100 Å². The zero-order chi connectivity index (χ0) is 21.8. The van der Waals surface area contributed by atoms with Crippen LogP contribution in [0.25, 0.3) is 17.2 Å². The van der Waals surface area contributed by atoms with Crippen molar-refractivity contribution in [2.45, 2.75) is 27.2 Å². The predicted molar refractivity (Wildman–Crippen MR) is 127 cm³/mol. The van der Waals surface area contributed by atoms with Crippen LogP contribution in [0.5, 0.6) is 0 Å². The number of fused-ring (bicyclic) bond motifs is 1. The molecule has 1 aliphatic carbocycles. The first kappa shape index (κ1) is 20.7. The zero-order valence-electron chi connectivity index (χ0n) is 18.2. The van der Waals surface area contributed by atoms with E-state index in [2.05, 4.69) is 74.2 Å². The van der Waals surface area contributed by atoms with E-state index >= 15 is 0 Å². The Morgan fingerprint density at radius 3 is 2.45 bits per heavy atom. The highest BCUT2D eigenvalue weighted by atomic mass is 16.5. The highest BCUT2D eigenvalue weighted by molar-refractivity contribution is 5.89. The van der Waals surface area contributed by atoms with Gasteiger partial charge in [0, 0.05) is 11.5 Å². The molecule has 0 heterocycles. The van der Waals surface area contributed by atoms with Gasteiger partial charge < -0.3 is 4.74 Å². The van der Waals surface area contributed by atoms with Crippen molar-refractivity contribution in [3.63, 3.8) is 0 Å². The molecule has 2 nitrogen and oxygen atoms in total. The van der Waals surface area contributed by atoms with Crippen molar-refractivity contribution in [2.24, 2.45) is 5.92 Å². The molecule has 0 radical (unpaired) electrons. The van der Waals surface area contributed by atoms with Crippen LogP contribution in [0.4, 0.5) is 0 Å². The van der Waals surface area contributed by atoms with Crippen LogP contribution in [0.1, 0.15) is 45.1 Å². The monoisotopic (exact) mass is 406 g/mol. The lowest BCUT2D eigenvalue weighted by Crippen LogP contribution is -2.08. The third-order valence-corrected chi connectivity index (χ3v) is 5.65. The van der Waals surface area contributed by atoms with Gasteiger partial charge in [0.2, 0.25) is 0 Å². The summed E-state index contributed by atoms with van der Waals surface area (Å²) < 4.78 is 5.04. The molecule has 31 heavy (non-hydrogen) atoms. The third kappa shape index (κ3) is 4.62. The molecular formula is C29H26O2. The summed E-state index contributed by atoms with van der Waals surface area (Å²) in [7, 11) is 0. The van der Waals surface area contributed by atoms with E-state index in [0.29, 0.717) is 12.2 Å². The molecule has 0 bridgehead atoms. The van der Waals surface area contributed by atoms with Gasteiger partial charge in [0.05, 0.1) is 12.2 Å². The fourth-order valence-corrected chi connectivity index (χ4v) is 3.92. The fourth-order valence-electron chi connectivity index (χ4n) is 3.92. The van der Waals surface area contributed by atoms with Crippen LogP contribution in [0.15, 0.2) is 66.7 Å². The van der Waals surface area contributed by atoms with Gasteiger partial charge in [0.25, 0.3) is 0 Å². The lowest BCUT2D eigenvalue weighted by molar-refractivity contribution is 0.0526. The first-order valence-corrected chi connectivity index (χ1v) is 10.7. The summed E-state index contributed by atoms with van der Waals surface area (Å²) in [6, 6.07) is 20.5. The van der Waals surface area contributed by atoms with E-state index in [1.807, 2.05) is 12.1 Å². The van der Waals surface area contributed by atoms with Crippen molar-refractivity contribution in [1.29, 1.82) is 0 Å². The maximum Gasteiger partial charge on any atom is 0.338 e. The number of rotatable bonds is 3. The Bertz CT molecular complexity index is 1190. The average Bonchev–Trinajstić information content (AvgIpc) is 2.79. The molecule has 0 fully saturated rings. The molecule has 154 valence electrons. The molecule has 0 aliphatic heterocycles. The number of allylic oxidation sites excluding steroid dienone is 1. The van der Waals surface area contributed by atoms with Gasteiger partial charge in [-0.2, -0.15) is 0 Å². The Kier molecular flexibility index (Phi) is 6.05. The molecule has 1 aliphatic rings. The van der Waals surface area contributed by atoms with E-state index in [4.69, 9.17) is 4.74 Å². The molecule has 4 rings (SSSR count). The van der Waals surface area contributed by atoms with Crippen LogP contribution in [-0.2, 0) is 11.2 Å². The van der Waals surface area contributed by atoms with Crippen molar-refractivity contribution in [1.82, 2.24) is 0 Å². The molecule has 1 atom stereocenters. The maximum absolute atomic E-state index is 11.8. The van der Waals surface area contributed by atoms with E-state index in [1.165, 1.54) is 33.4 Å². The fraction of sp³-hybridized carbons (Fsp3) is 0.207. The van der Waals surface area contributed by atoms with Crippen LogP contribution in [-0.4, -0.2) is 12.6 Å². The Morgan fingerprint density at radius 1 is 1.00 bits per heavy atom. The molecule has 1 unspecified atom stereocenters. The van der Waals surface area contributed by atoms with Crippen LogP contribution in [0.2, 0.25) is 0 Å². The van der Waals surface area contributed by atoms with Gasteiger partial charge >= 0.3 is 5.97 Å². The van der Waals surface area contributed by atoms with E-state index in [1.54, 1.807) is 19.1 Å². The van der Waals surface area contributed by atoms with Gasteiger partial charge in [-0.05, 0) is 79.3 Å². The molecule has 0 N–H and O–H groups in total. The summed E-state index contributed by atoms with van der Waals surface area (Å²) in [6.07, 6.45) is 5.31. The molecule has 0 saturated heterocycles. The second-order valence-corrected chi connectivity index (χ2v) is 7.93. The van der Waals surface area contributed by atoms with Gasteiger partial charge in [-0.1, -0.05) is 66.0 Å². The summed E-state index contributed by atoms with van der Waals surface area (Å²) in [5.41, 5.74) is 9.23. The number of benzene rings is 3. The maximum atomic E-state index is 11.8. The van der Waals surface area contributed by atoms with Crippen LogP contribution in [0, 0.1) is 31.6 Å². The summed E-state index contributed by atoms with van der Waals surface area (Å²) in [5.74, 6) is 6.54. The van der Waals surface area contributed by atoms with Gasteiger partial charge in [-0.15, -0.1) is 0 Å². The smallest absolute Gasteiger partial charge is 0.338 e. The molecular weight excluding hydrogens is 380 g/mol. The van der Waals surface area contributed by atoms with Crippen LogP contribution < -0.4 is 0 Å². The molecule has 3 aromatic rings. The minimum atomic E-state index is -0.298. The molecule has 0 aromatic heterocycles. The van der Waals surface area contributed by atoms with E-state index < -0.39 is 0 Å².